The maximum Gasteiger partial charge on any atom is 0.255 e. The van der Waals surface area contributed by atoms with Crippen molar-refractivity contribution in [3.05, 3.63) is 75.9 Å². The van der Waals surface area contributed by atoms with Crippen molar-refractivity contribution in [2.75, 3.05) is 12.4 Å². The van der Waals surface area contributed by atoms with Crippen molar-refractivity contribution in [3.8, 4) is 23.2 Å². The fourth-order valence-corrected chi connectivity index (χ4v) is 3.40. The molecule has 3 aromatic heterocycles. The van der Waals surface area contributed by atoms with Gasteiger partial charge in [0.15, 0.2) is 5.76 Å². The van der Waals surface area contributed by atoms with Crippen LogP contribution in [-0.2, 0) is 17.6 Å². The summed E-state index contributed by atoms with van der Waals surface area (Å²) in [6.45, 7) is 3.67. The lowest BCUT2D eigenvalue weighted by atomic mass is 10.1. The summed E-state index contributed by atoms with van der Waals surface area (Å²) in [5, 5.41) is 7.36. The van der Waals surface area contributed by atoms with Crippen molar-refractivity contribution < 1.29 is 13.9 Å². The number of carbonyl (C=O) groups excluding carboxylic acids is 1. The second-order valence-corrected chi connectivity index (χ2v) is 7.18. The summed E-state index contributed by atoms with van der Waals surface area (Å²) in [7, 11) is 1.59. The third kappa shape index (κ3) is 4.31. The number of H-pyrrole nitrogens is 1. The Morgan fingerprint density at radius 1 is 1.25 bits per heavy atom. The van der Waals surface area contributed by atoms with Gasteiger partial charge < -0.3 is 14.5 Å². The van der Waals surface area contributed by atoms with E-state index in [1.165, 1.54) is 10.9 Å². The zero-order valence-electron chi connectivity index (χ0n) is 18.0. The first-order chi connectivity index (χ1) is 15.5. The number of aromatic nitrogens is 4. The van der Waals surface area contributed by atoms with Crippen LogP contribution < -0.4 is 15.6 Å². The Morgan fingerprint density at radius 3 is 2.66 bits per heavy atom. The smallest absolute Gasteiger partial charge is 0.255 e. The molecule has 0 aliphatic carbocycles. The number of amides is 1. The van der Waals surface area contributed by atoms with E-state index in [-0.39, 0.29) is 23.8 Å². The Hall–Kier alpha value is -4.14. The Kier molecular flexibility index (Phi) is 5.89. The second-order valence-electron chi connectivity index (χ2n) is 7.18. The molecule has 4 aromatic rings. The van der Waals surface area contributed by atoms with E-state index in [1.54, 1.807) is 44.4 Å². The van der Waals surface area contributed by atoms with Crippen LogP contribution in [0.5, 0.6) is 5.75 Å². The molecule has 2 N–H and O–H groups in total. The molecule has 4 rings (SSSR count). The van der Waals surface area contributed by atoms with Crippen LogP contribution in [0.2, 0.25) is 0 Å². The average molecular weight is 433 g/mol. The van der Waals surface area contributed by atoms with Crippen LogP contribution in [0.3, 0.4) is 0 Å². The van der Waals surface area contributed by atoms with E-state index < -0.39 is 0 Å². The molecule has 164 valence electrons. The summed E-state index contributed by atoms with van der Waals surface area (Å²) in [6.07, 6.45) is 2.26. The predicted octanol–water partition coefficient (Wildman–Crippen LogP) is 3.28. The number of hydrogen-bond donors (Lipinski definition) is 2. The highest BCUT2D eigenvalue weighted by atomic mass is 16.5. The quantitative estimate of drug-likeness (QED) is 0.462. The number of aromatic amines is 1. The van der Waals surface area contributed by atoms with E-state index in [0.29, 0.717) is 35.0 Å². The maximum atomic E-state index is 12.8. The summed E-state index contributed by atoms with van der Waals surface area (Å²) in [4.78, 5) is 32.5. The van der Waals surface area contributed by atoms with E-state index in [4.69, 9.17) is 9.15 Å². The zero-order valence-corrected chi connectivity index (χ0v) is 18.0. The topological polar surface area (TPSA) is 115 Å². The van der Waals surface area contributed by atoms with Crippen LogP contribution in [0.1, 0.15) is 23.7 Å². The molecule has 0 atom stereocenters. The van der Waals surface area contributed by atoms with E-state index in [0.717, 1.165) is 11.3 Å². The molecule has 9 nitrogen and oxygen atoms in total. The largest absolute Gasteiger partial charge is 0.497 e. The van der Waals surface area contributed by atoms with Crippen molar-refractivity contribution in [1.82, 2.24) is 19.7 Å². The number of ether oxygens (including phenoxy) is 1. The molecule has 0 aliphatic rings. The fourth-order valence-electron chi connectivity index (χ4n) is 3.40. The van der Waals surface area contributed by atoms with Gasteiger partial charge in [-0.15, -0.1) is 0 Å². The Balaban J connectivity index is 1.67. The average Bonchev–Trinajstić information content (AvgIpc) is 3.44. The minimum absolute atomic E-state index is 0.156. The van der Waals surface area contributed by atoms with Crippen LogP contribution in [0.25, 0.3) is 17.4 Å². The number of rotatable bonds is 7. The van der Waals surface area contributed by atoms with Gasteiger partial charge in [-0.2, -0.15) is 9.78 Å². The first-order valence-electron chi connectivity index (χ1n) is 10.2. The molecule has 3 heterocycles. The van der Waals surface area contributed by atoms with Gasteiger partial charge in [0.25, 0.3) is 5.56 Å². The number of methoxy groups -OCH3 is 1. The van der Waals surface area contributed by atoms with E-state index >= 15 is 0 Å². The number of furan rings is 1. The third-order valence-corrected chi connectivity index (χ3v) is 5.04. The van der Waals surface area contributed by atoms with Gasteiger partial charge in [0.2, 0.25) is 11.9 Å². The number of benzene rings is 1. The molecule has 0 unspecified atom stereocenters. The van der Waals surface area contributed by atoms with Crippen molar-refractivity contribution in [3.63, 3.8) is 0 Å². The van der Waals surface area contributed by atoms with Crippen LogP contribution in [0, 0.1) is 6.92 Å². The van der Waals surface area contributed by atoms with Gasteiger partial charge in [0.05, 0.1) is 19.8 Å². The Labute approximate surface area is 184 Å². The SMILES string of the molecule is CCc1c(C)nc(-n2nc(-c3ccco3)cc2NC(=O)Cc2ccc(OC)cc2)[nH]c1=O. The lowest BCUT2D eigenvalue weighted by Crippen LogP contribution is -2.22. The van der Waals surface area contributed by atoms with Crippen LogP contribution >= 0.6 is 0 Å². The lowest BCUT2D eigenvalue weighted by Gasteiger charge is -2.10. The Morgan fingerprint density at radius 2 is 2.03 bits per heavy atom. The van der Waals surface area contributed by atoms with E-state index in [1.807, 2.05) is 19.1 Å². The molecule has 9 heteroatoms. The minimum Gasteiger partial charge on any atom is -0.497 e. The maximum absolute atomic E-state index is 12.8. The summed E-state index contributed by atoms with van der Waals surface area (Å²) in [6, 6.07) is 12.4. The lowest BCUT2D eigenvalue weighted by molar-refractivity contribution is -0.115. The van der Waals surface area contributed by atoms with Crippen LogP contribution in [-0.4, -0.2) is 32.8 Å². The van der Waals surface area contributed by atoms with Crippen molar-refractivity contribution in [2.24, 2.45) is 0 Å². The van der Waals surface area contributed by atoms with Crippen molar-refractivity contribution >= 4 is 11.7 Å². The minimum atomic E-state index is -0.244. The van der Waals surface area contributed by atoms with Crippen molar-refractivity contribution in [1.29, 1.82) is 0 Å². The highest BCUT2D eigenvalue weighted by Crippen LogP contribution is 2.24. The number of anilines is 1. The van der Waals surface area contributed by atoms with Gasteiger partial charge in [-0.25, -0.2) is 4.98 Å². The van der Waals surface area contributed by atoms with Gasteiger partial charge in [0, 0.05) is 17.3 Å². The molecular weight excluding hydrogens is 410 g/mol. The predicted molar refractivity (Wildman–Crippen MR) is 119 cm³/mol. The molecule has 0 bridgehead atoms. The van der Waals surface area contributed by atoms with Gasteiger partial charge in [0.1, 0.15) is 17.3 Å². The first-order valence-corrected chi connectivity index (χ1v) is 10.2. The summed E-state index contributed by atoms with van der Waals surface area (Å²) >= 11 is 0. The number of aryl methyl sites for hydroxylation is 1. The van der Waals surface area contributed by atoms with Gasteiger partial charge in [-0.1, -0.05) is 19.1 Å². The van der Waals surface area contributed by atoms with Crippen molar-refractivity contribution in [2.45, 2.75) is 26.7 Å². The van der Waals surface area contributed by atoms with Gasteiger partial charge in [-0.3, -0.25) is 14.6 Å². The normalized spacial score (nSPS) is 10.8. The molecule has 0 spiro atoms. The zero-order chi connectivity index (χ0) is 22.7. The Bertz CT molecular complexity index is 1290. The molecular formula is C23H23N5O4. The van der Waals surface area contributed by atoms with Gasteiger partial charge in [-0.05, 0) is 43.2 Å². The fraction of sp³-hybridized carbons (Fsp3) is 0.217. The number of carbonyl (C=O) groups is 1. The molecule has 32 heavy (non-hydrogen) atoms. The molecule has 0 saturated heterocycles. The molecule has 0 fully saturated rings. The number of nitrogens with one attached hydrogen (secondary N) is 2. The summed E-state index contributed by atoms with van der Waals surface area (Å²) < 4.78 is 12.0. The highest BCUT2D eigenvalue weighted by molar-refractivity contribution is 5.92. The number of hydrogen-bond acceptors (Lipinski definition) is 6. The van der Waals surface area contributed by atoms with Crippen LogP contribution in [0.4, 0.5) is 5.82 Å². The monoisotopic (exact) mass is 433 g/mol. The molecule has 0 aliphatic heterocycles. The number of nitrogens with zero attached hydrogens (tertiary/aromatic N) is 3. The standard InChI is InChI=1S/C23H23N5O4/c1-4-17-14(2)24-23(26-22(17)30)28-20(13-18(27-28)19-6-5-11-32-19)25-21(29)12-15-7-9-16(31-3)10-8-15/h5-11,13H,4,12H2,1-3H3,(H,25,29)(H,24,26,30). The molecule has 0 radical (unpaired) electrons. The van der Waals surface area contributed by atoms with E-state index in [9.17, 15) is 9.59 Å². The second kappa shape index (κ2) is 8.93. The summed E-state index contributed by atoms with van der Waals surface area (Å²) in [5.41, 5.74) is 2.31. The third-order valence-electron chi connectivity index (χ3n) is 5.04. The highest BCUT2D eigenvalue weighted by Gasteiger charge is 2.18. The van der Waals surface area contributed by atoms with Gasteiger partial charge >= 0.3 is 0 Å². The molecule has 1 aromatic carbocycles. The van der Waals surface area contributed by atoms with Crippen LogP contribution in [0.15, 0.2) is 57.9 Å². The van der Waals surface area contributed by atoms with E-state index in [2.05, 4.69) is 20.4 Å². The molecule has 0 saturated carbocycles. The molecule has 1 amide bonds. The summed E-state index contributed by atoms with van der Waals surface area (Å²) in [5.74, 6) is 1.57. The first kappa shape index (κ1) is 21.1.